The monoisotopic (exact) mass is 311 g/mol. The molecular formula is C13H11BrFNS. The summed E-state index contributed by atoms with van der Waals surface area (Å²) in [6, 6.07) is 12.7. The molecule has 0 aliphatic heterocycles. The zero-order valence-electron chi connectivity index (χ0n) is 8.99. The summed E-state index contributed by atoms with van der Waals surface area (Å²) >= 11 is 4.94. The van der Waals surface area contributed by atoms with Gasteiger partial charge in [-0.25, -0.2) is 4.39 Å². The highest BCUT2D eigenvalue weighted by Crippen LogP contribution is 2.29. The Morgan fingerprint density at radius 1 is 1.18 bits per heavy atom. The van der Waals surface area contributed by atoms with Crippen LogP contribution in [0.3, 0.4) is 0 Å². The van der Waals surface area contributed by atoms with E-state index in [1.807, 2.05) is 24.3 Å². The summed E-state index contributed by atoms with van der Waals surface area (Å²) in [6.07, 6.45) is 0. The molecule has 88 valence electrons. The van der Waals surface area contributed by atoms with E-state index in [0.717, 1.165) is 15.8 Å². The first kappa shape index (κ1) is 12.5. The second-order valence-electron chi connectivity index (χ2n) is 3.57. The number of rotatable bonds is 3. The summed E-state index contributed by atoms with van der Waals surface area (Å²) < 4.78 is 14.6. The Hall–Kier alpha value is -1.000. The fourth-order valence-electron chi connectivity index (χ4n) is 1.41. The van der Waals surface area contributed by atoms with Crippen LogP contribution in [0.2, 0.25) is 0 Å². The second-order valence-corrected chi connectivity index (χ2v) is 5.44. The number of benzene rings is 2. The first-order valence-corrected chi connectivity index (χ1v) is 6.86. The highest BCUT2D eigenvalue weighted by molar-refractivity contribution is 9.10. The van der Waals surface area contributed by atoms with Crippen molar-refractivity contribution in [3.05, 3.63) is 58.3 Å². The zero-order chi connectivity index (χ0) is 12.3. The van der Waals surface area contributed by atoms with Gasteiger partial charge in [0.2, 0.25) is 0 Å². The predicted octanol–water partition coefficient (Wildman–Crippen LogP) is 4.46. The van der Waals surface area contributed by atoms with E-state index in [4.69, 9.17) is 5.73 Å². The summed E-state index contributed by atoms with van der Waals surface area (Å²) in [5.74, 6) is 0.462. The minimum atomic E-state index is -0.262. The molecular weight excluding hydrogens is 301 g/mol. The Labute approximate surface area is 112 Å². The number of halogens is 2. The summed E-state index contributed by atoms with van der Waals surface area (Å²) in [4.78, 5) is 0.620. The molecule has 0 aromatic heterocycles. The first-order chi connectivity index (χ1) is 8.16. The van der Waals surface area contributed by atoms with E-state index in [-0.39, 0.29) is 5.82 Å². The van der Waals surface area contributed by atoms with Crippen LogP contribution < -0.4 is 5.73 Å². The lowest BCUT2D eigenvalue weighted by molar-refractivity contribution is 0.603. The van der Waals surface area contributed by atoms with Crippen LogP contribution in [0, 0.1) is 5.82 Å². The number of hydrogen-bond donors (Lipinski definition) is 1. The number of hydrogen-bond acceptors (Lipinski definition) is 2. The molecule has 0 radical (unpaired) electrons. The fourth-order valence-corrected chi connectivity index (χ4v) is 2.94. The molecule has 0 saturated carbocycles. The maximum atomic E-state index is 13.5. The van der Waals surface area contributed by atoms with Crippen molar-refractivity contribution < 1.29 is 4.39 Å². The molecule has 0 saturated heterocycles. The third-order valence-corrected chi connectivity index (χ3v) is 4.17. The van der Waals surface area contributed by atoms with Crippen molar-refractivity contribution in [2.75, 3.05) is 5.73 Å². The number of nitrogens with two attached hydrogens (primary N) is 1. The minimum absolute atomic E-state index is 0.262. The van der Waals surface area contributed by atoms with Gasteiger partial charge < -0.3 is 5.73 Å². The fraction of sp³-hybridized carbons (Fsp3) is 0.0769. The van der Waals surface area contributed by atoms with Gasteiger partial charge >= 0.3 is 0 Å². The van der Waals surface area contributed by atoms with Crippen LogP contribution in [0.1, 0.15) is 5.56 Å². The van der Waals surface area contributed by atoms with Crippen molar-refractivity contribution in [3.63, 3.8) is 0 Å². The number of nitrogen functional groups attached to an aromatic ring is 1. The molecule has 0 fully saturated rings. The third-order valence-electron chi connectivity index (χ3n) is 2.30. The van der Waals surface area contributed by atoms with Crippen molar-refractivity contribution in [3.8, 4) is 0 Å². The largest absolute Gasteiger partial charge is 0.399 e. The number of anilines is 1. The summed E-state index contributed by atoms with van der Waals surface area (Å²) in [7, 11) is 0. The van der Waals surface area contributed by atoms with Crippen molar-refractivity contribution >= 4 is 33.4 Å². The van der Waals surface area contributed by atoms with Crippen LogP contribution in [0.15, 0.2) is 51.8 Å². The van der Waals surface area contributed by atoms with Gasteiger partial charge in [-0.05, 0) is 29.8 Å². The van der Waals surface area contributed by atoms with Gasteiger partial charge in [0.05, 0.1) is 0 Å². The SMILES string of the molecule is Nc1ccc(SCc2ccccc2Br)c(F)c1. The molecule has 0 bridgehead atoms. The quantitative estimate of drug-likeness (QED) is 0.669. The van der Waals surface area contributed by atoms with Gasteiger partial charge in [-0.1, -0.05) is 34.1 Å². The lowest BCUT2D eigenvalue weighted by Crippen LogP contribution is -1.89. The van der Waals surface area contributed by atoms with E-state index >= 15 is 0 Å². The van der Waals surface area contributed by atoms with Crippen LogP contribution in [0.5, 0.6) is 0 Å². The Morgan fingerprint density at radius 3 is 2.65 bits per heavy atom. The van der Waals surface area contributed by atoms with E-state index in [9.17, 15) is 4.39 Å². The van der Waals surface area contributed by atoms with Gasteiger partial charge in [0, 0.05) is 20.8 Å². The van der Waals surface area contributed by atoms with Gasteiger partial charge in [-0.2, -0.15) is 0 Å². The molecule has 4 heteroatoms. The minimum Gasteiger partial charge on any atom is -0.399 e. The molecule has 1 nitrogen and oxygen atoms in total. The topological polar surface area (TPSA) is 26.0 Å². The highest BCUT2D eigenvalue weighted by Gasteiger charge is 2.05. The molecule has 17 heavy (non-hydrogen) atoms. The zero-order valence-corrected chi connectivity index (χ0v) is 11.4. The molecule has 2 aromatic rings. The number of thioether (sulfide) groups is 1. The van der Waals surface area contributed by atoms with Crippen LogP contribution in [-0.2, 0) is 5.75 Å². The Balaban J connectivity index is 2.10. The maximum absolute atomic E-state index is 13.5. The van der Waals surface area contributed by atoms with Gasteiger partial charge in [0.15, 0.2) is 0 Å². The van der Waals surface area contributed by atoms with Gasteiger partial charge in [-0.3, -0.25) is 0 Å². The van der Waals surface area contributed by atoms with Crippen molar-refractivity contribution in [1.82, 2.24) is 0 Å². The molecule has 0 aliphatic carbocycles. The molecule has 0 spiro atoms. The van der Waals surface area contributed by atoms with E-state index in [2.05, 4.69) is 15.9 Å². The van der Waals surface area contributed by atoms with E-state index in [1.165, 1.54) is 17.8 Å². The molecule has 0 atom stereocenters. The average Bonchev–Trinajstić information content (AvgIpc) is 2.30. The Kier molecular flexibility index (Phi) is 4.07. The van der Waals surface area contributed by atoms with Gasteiger partial charge in [-0.15, -0.1) is 11.8 Å². The predicted molar refractivity (Wildman–Crippen MR) is 74.5 cm³/mol. The maximum Gasteiger partial charge on any atom is 0.138 e. The molecule has 0 amide bonds. The van der Waals surface area contributed by atoms with Crippen LogP contribution in [-0.4, -0.2) is 0 Å². The van der Waals surface area contributed by atoms with Gasteiger partial charge in [0.1, 0.15) is 5.82 Å². The summed E-state index contributed by atoms with van der Waals surface area (Å²) in [5, 5.41) is 0. The lowest BCUT2D eigenvalue weighted by Gasteiger charge is -2.05. The van der Waals surface area contributed by atoms with Crippen molar-refractivity contribution in [2.45, 2.75) is 10.6 Å². The van der Waals surface area contributed by atoms with Crippen molar-refractivity contribution in [2.24, 2.45) is 0 Å². The van der Waals surface area contributed by atoms with E-state index in [1.54, 1.807) is 12.1 Å². The van der Waals surface area contributed by atoms with E-state index < -0.39 is 0 Å². The van der Waals surface area contributed by atoms with Gasteiger partial charge in [0.25, 0.3) is 0 Å². The molecule has 2 N–H and O–H groups in total. The smallest absolute Gasteiger partial charge is 0.138 e. The van der Waals surface area contributed by atoms with Crippen LogP contribution >= 0.6 is 27.7 Å². The summed E-state index contributed by atoms with van der Waals surface area (Å²) in [5.41, 5.74) is 7.10. The first-order valence-electron chi connectivity index (χ1n) is 5.08. The summed E-state index contributed by atoms with van der Waals surface area (Å²) in [6.45, 7) is 0. The standard InChI is InChI=1S/C13H11BrFNS/c14-11-4-2-1-3-9(11)8-17-13-6-5-10(16)7-12(13)15/h1-7H,8,16H2. The van der Waals surface area contributed by atoms with Crippen LogP contribution in [0.25, 0.3) is 0 Å². The molecule has 0 heterocycles. The van der Waals surface area contributed by atoms with E-state index in [0.29, 0.717) is 10.6 Å². The highest BCUT2D eigenvalue weighted by atomic mass is 79.9. The average molecular weight is 312 g/mol. The lowest BCUT2D eigenvalue weighted by atomic mass is 10.2. The Morgan fingerprint density at radius 2 is 1.94 bits per heavy atom. The molecule has 0 unspecified atom stereocenters. The third kappa shape index (κ3) is 3.23. The molecule has 0 aliphatic rings. The van der Waals surface area contributed by atoms with Crippen LogP contribution in [0.4, 0.5) is 10.1 Å². The molecule has 2 aromatic carbocycles. The molecule has 2 rings (SSSR count). The second kappa shape index (κ2) is 5.56. The normalized spacial score (nSPS) is 10.5. The Bertz CT molecular complexity index is 531. The van der Waals surface area contributed by atoms with Crippen molar-refractivity contribution in [1.29, 1.82) is 0 Å².